The van der Waals surface area contributed by atoms with Gasteiger partial charge in [0.2, 0.25) is 0 Å². The first-order valence-corrected chi connectivity index (χ1v) is 8.15. The van der Waals surface area contributed by atoms with Crippen LogP contribution in [0.1, 0.15) is 49.9 Å². The molecule has 1 saturated carbocycles. The molecule has 116 valence electrons. The molecule has 2 heterocycles. The third-order valence-electron chi connectivity index (χ3n) is 4.46. The molecule has 1 saturated heterocycles. The molecule has 0 amide bonds. The van der Waals surface area contributed by atoms with E-state index in [4.69, 9.17) is 9.72 Å². The Morgan fingerprint density at radius 3 is 2.48 bits per heavy atom. The van der Waals surface area contributed by atoms with Crippen LogP contribution in [0.4, 0.5) is 11.6 Å². The van der Waals surface area contributed by atoms with Crippen LogP contribution in [0.5, 0.6) is 0 Å². The number of hydrogen-bond acceptors (Lipinski definition) is 5. The summed E-state index contributed by atoms with van der Waals surface area (Å²) in [5.41, 5.74) is 1.16. The molecule has 1 aliphatic heterocycles. The normalized spacial score (nSPS) is 19.9. The average molecular weight is 290 g/mol. The van der Waals surface area contributed by atoms with Gasteiger partial charge in [-0.15, -0.1) is 0 Å². The van der Waals surface area contributed by atoms with Crippen LogP contribution < -0.4 is 10.2 Å². The highest BCUT2D eigenvalue weighted by atomic mass is 16.5. The summed E-state index contributed by atoms with van der Waals surface area (Å²) in [6, 6.07) is 0. The van der Waals surface area contributed by atoms with E-state index in [1.54, 1.807) is 0 Å². The number of nitrogens with one attached hydrogen (secondary N) is 1. The molecule has 5 heteroatoms. The second-order valence-corrected chi connectivity index (χ2v) is 6.05. The highest BCUT2D eigenvalue weighted by Crippen LogP contribution is 2.40. The molecule has 0 atom stereocenters. The van der Waals surface area contributed by atoms with E-state index < -0.39 is 0 Å². The number of rotatable bonds is 5. The van der Waals surface area contributed by atoms with Gasteiger partial charge in [0.15, 0.2) is 0 Å². The van der Waals surface area contributed by atoms with Gasteiger partial charge in [-0.2, -0.15) is 0 Å². The standard InChI is InChI=1S/C16H26N4O/c1-4-21-13-7-9-20(10-8-13)16-11(2)14(17-3)18-15(19-16)12-5-6-12/h12-13H,4-10H2,1-3H3,(H,17,18,19). The van der Waals surface area contributed by atoms with E-state index in [9.17, 15) is 0 Å². The van der Waals surface area contributed by atoms with Crippen molar-refractivity contribution < 1.29 is 4.74 Å². The molecule has 1 N–H and O–H groups in total. The average Bonchev–Trinajstić information content (AvgIpc) is 3.34. The van der Waals surface area contributed by atoms with E-state index >= 15 is 0 Å². The second-order valence-electron chi connectivity index (χ2n) is 6.05. The Balaban J connectivity index is 1.79. The summed E-state index contributed by atoms with van der Waals surface area (Å²) in [5.74, 6) is 3.70. The number of piperidine rings is 1. The summed E-state index contributed by atoms with van der Waals surface area (Å²) < 4.78 is 5.74. The molecule has 0 spiro atoms. The zero-order chi connectivity index (χ0) is 14.8. The topological polar surface area (TPSA) is 50.3 Å². The molecule has 0 unspecified atom stereocenters. The number of ether oxygens (including phenoxy) is 1. The van der Waals surface area contributed by atoms with Crippen LogP contribution in [0.25, 0.3) is 0 Å². The molecule has 0 aromatic carbocycles. The first-order chi connectivity index (χ1) is 10.2. The fourth-order valence-electron chi connectivity index (χ4n) is 3.07. The monoisotopic (exact) mass is 290 g/mol. The van der Waals surface area contributed by atoms with Crippen LogP contribution in [0.3, 0.4) is 0 Å². The lowest BCUT2D eigenvalue weighted by molar-refractivity contribution is 0.0458. The van der Waals surface area contributed by atoms with Crippen LogP contribution in [-0.4, -0.2) is 42.8 Å². The van der Waals surface area contributed by atoms with Crippen molar-refractivity contribution >= 4 is 11.6 Å². The summed E-state index contributed by atoms with van der Waals surface area (Å²) in [6.45, 7) is 7.05. The van der Waals surface area contributed by atoms with Crippen molar-refractivity contribution in [2.75, 3.05) is 37.0 Å². The van der Waals surface area contributed by atoms with Gasteiger partial charge in [-0.3, -0.25) is 0 Å². The third kappa shape index (κ3) is 3.12. The summed E-state index contributed by atoms with van der Waals surface area (Å²) >= 11 is 0. The lowest BCUT2D eigenvalue weighted by Gasteiger charge is -2.33. The number of nitrogens with zero attached hydrogens (tertiary/aromatic N) is 3. The van der Waals surface area contributed by atoms with Gasteiger partial charge in [-0.1, -0.05) is 0 Å². The van der Waals surface area contributed by atoms with Gasteiger partial charge in [-0.05, 0) is 39.5 Å². The van der Waals surface area contributed by atoms with Crippen molar-refractivity contribution in [2.45, 2.75) is 51.6 Å². The lowest BCUT2D eigenvalue weighted by Crippen LogP contribution is -2.38. The van der Waals surface area contributed by atoms with Crippen LogP contribution in [-0.2, 0) is 4.74 Å². The summed E-state index contributed by atoms with van der Waals surface area (Å²) in [4.78, 5) is 12.0. The molecule has 21 heavy (non-hydrogen) atoms. The molecule has 0 radical (unpaired) electrons. The van der Waals surface area contributed by atoms with Crippen LogP contribution in [0, 0.1) is 6.92 Å². The minimum absolute atomic E-state index is 0.417. The summed E-state index contributed by atoms with van der Waals surface area (Å²) in [5, 5.41) is 3.22. The zero-order valence-electron chi connectivity index (χ0n) is 13.4. The molecule has 2 aliphatic rings. The Morgan fingerprint density at radius 1 is 1.19 bits per heavy atom. The number of anilines is 2. The molecule has 1 aromatic rings. The Hall–Kier alpha value is -1.36. The largest absolute Gasteiger partial charge is 0.378 e. The van der Waals surface area contributed by atoms with Gasteiger partial charge in [-0.25, -0.2) is 9.97 Å². The van der Waals surface area contributed by atoms with Gasteiger partial charge in [0.05, 0.1) is 6.10 Å². The predicted molar refractivity (Wildman–Crippen MR) is 85.2 cm³/mol. The Bertz CT molecular complexity index is 493. The zero-order valence-corrected chi connectivity index (χ0v) is 13.4. The molecule has 2 fully saturated rings. The first-order valence-electron chi connectivity index (χ1n) is 8.15. The van der Waals surface area contributed by atoms with E-state index in [-0.39, 0.29) is 0 Å². The van der Waals surface area contributed by atoms with Gasteiger partial charge in [0.1, 0.15) is 17.5 Å². The Labute approximate surface area is 127 Å². The van der Waals surface area contributed by atoms with Gasteiger partial charge >= 0.3 is 0 Å². The fourth-order valence-corrected chi connectivity index (χ4v) is 3.07. The lowest BCUT2D eigenvalue weighted by atomic mass is 10.1. The highest BCUT2D eigenvalue weighted by molar-refractivity contribution is 5.59. The van der Waals surface area contributed by atoms with Crippen molar-refractivity contribution in [3.8, 4) is 0 Å². The minimum atomic E-state index is 0.417. The van der Waals surface area contributed by atoms with Gasteiger partial charge < -0.3 is 15.0 Å². The number of aromatic nitrogens is 2. The van der Waals surface area contributed by atoms with Crippen molar-refractivity contribution in [2.24, 2.45) is 0 Å². The minimum Gasteiger partial charge on any atom is -0.378 e. The smallest absolute Gasteiger partial charge is 0.137 e. The molecule has 1 aromatic heterocycles. The molecule has 5 nitrogen and oxygen atoms in total. The highest BCUT2D eigenvalue weighted by Gasteiger charge is 2.30. The number of hydrogen-bond donors (Lipinski definition) is 1. The van der Waals surface area contributed by atoms with Crippen molar-refractivity contribution in [3.63, 3.8) is 0 Å². The Morgan fingerprint density at radius 2 is 1.90 bits per heavy atom. The van der Waals surface area contributed by atoms with E-state index in [1.807, 2.05) is 7.05 Å². The van der Waals surface area contributed by atoms with Gasteiger partial charge in [0, 0.05) is 38.2 Å². The molecule has 1 aliphatic carbocycles. The van der Waals surface area contributed by atoms with E-state index in [0.717, 1.165) is 55.6 Å². The van der Waals surface area contributed by atoms with Crippen LogP contribution in [0.2, 0.25) is 0 Å². The summed E-state index contributed by atoms with van der Waals surface area (Å²) in [6.07, 6.45) is 5.06. The van der Waals surface area contributed by atoms with Crippen molar-refractivity contribution in [1.29, 1.82) is 0 Å². The fraction of sp³-hybridized carbons (Fsp3) is 0.750. The maximum Gasteiger partial charge on any atom is 0.137 e. The quantitative estimate of drug-likeness (QED) is 0.903. The SMILES string of the molecule is CCOC1CCN(c2nc(C3CC3)nc(NC)c2C)CC1. The van der Waals surface area contributed by atoms with Crippen LogP contribution in [0.15, 0.2) is 0 Å². The van der Waals surface area contributed by atoms with E-state index in [1.165, 1.54) is 12.8 Å². The second kappa shape index (κ2) is 6.18. The first kappa shape index (κ1) is 14.6. The maximum atomic E-state index is 5.74. The van der Waals surface area contributed by atoms with E-state index in [2.05, 4.69) is 29.0 Å². The van der Waals surface area contributed by atoms with Crippen molar-refractivity contribution in [1.82, 2.24) is 9.97 Å². The molecular formula is C16H26N4O. The summed E-state index contributed by atoms with van der Waals surface area (Å²) in [7, 11) is 1.94. The van der Waals surface area contributed by atoms with Crippen molar-refractivity contribution in [3.05, 3.63) is 11.4 Å². The maximum absolute atomic E-state index is 5.74. The molecular weight excluding hydrogens is 264 g/mol. The van der Waals surface area contributed by atoms with Crippen LogP contribution >= 0.6 is 0 Å². The van der Waals surface area contributed by atoms with E-state index in [0.29, 0.717) is 12.0 Å². The van der Waals surface area contributed by atoms with Gasteiger partial charge in [0.25, 0.3) is 0 Å². The predicted octanol–water partition coefficient (Wildman–Crippen LogP) is 2.71. The molecule has 0 bridgehead atoms. The Kier molecular flexibility index (Phi) is 4.29. The third-order valence-corrected chi connectivity index (χ3v) is 4.46. The molecule has 3 rings (SSSR count).